The summed E-state index contributed by atoms with van der Waals surface area (Å²) in [6.45, 7) is 1.78. The molecule has 3 rings (SSSR count). The predicted molar refractivity (Wildman–Crippen MR) is 95.3 cm³/mol. The Balaban J connectivity index is 1.71. The number of nitrogens with zero attached hydrogens (tertiary/aromatic N) is 2. The molecule has 0 aliphatic heterocycles. The van der Waals surface area contributed by atoms with Gasteiger partial charge in [0, 0.05) is 22.9 Å². The Morgan fingerprint density at radius 2 is 2.00 bits per heavy atom. The van der Waals surface area contributed by atoms with E-state index < -0.39 is 12.3 Å². The quantitative estimate of drug-likeness (QED) is 0.646. The van der Waals surface area contributed by atoms with E-state index in [0.29, 0.717) is 17.1 Å². The fourth-order valence-corrected chi connectivity index (χ4v) is 2.41. The summed E-state index contributed by atoms with van der Waals surface area (Å²) < 4.78 is 46.4. The Labute approximate surface area is 157 Å². The number of benzene rings is 2. The minimum absolute atomic E-state index is 0.124. The molecule has 0 radical (unpaired) electrons. The van der Waals surface area contributed by atoms with Gasteiger partial charge in [-0.25, -0.2) is 0 Å². The lowest BCUT2D eigenvalue weighted by molar-refractivity contribution is -0.274. The lowest BCUT2D eigenvalue weighted by Gasteiger charge is -2.11. The Kier molecular flexibility index (Phi) is 5.44. The molecule has 0 unspecified atom stereocenters. The number of hydrogen-bond donors (Lipinski definition) is 1. The third-order valence-electron chi connectivity index (χ3n) is 3.65. The average molecular weight is 389 g/mol. The van der Waals surface area contributed by atoms with Crippen molar-refractivity contribution in [3.05, 3.63) is 66.1 Å². The molecule has 6 nitrogen and oxygen atoms in total. The summed E-state index contributed by atoms with van der Waals surface area (Å²) in [6.07, 6.45) is -1.22. The van der Waals surface area contributed by atoms with Crippen molar-refractivity contribution in [1.29, 1.82) is 0 Å². The number of alkyl halides is 3. The van der Waals surface area contributed by atoms with Crippen LogP contribution in [0.2, 0.25) is 0 Å². The molecule has 0 saturated heterocycles. The first kappa shape index (κ1) is 19.2. The number of carbonyl (C=O) groups is 1. The lowest BCUT2D eigenvalue weighted by Crippen LogP contribution is -2.17. The van der Waals surface area contributed by atoms with Gasteiger partial charge in [0.2, 0.25) is 18.2 Å². The summed E-state index contributed by atoms with van der Waals surface area (Å²) in [5.41, 5.74) is 2.11. The first-order chi connectivity index (χ1) is 13.3. The summed E-state index contributed by atoms with van der Waals surface area (Å²) in [6, 6.07) is 10.7. The van der Waals surface area contributed by atoms with Crippen molar-refractivity contribution in [2.75, 3.05) is 5.32 Å². The smallest absolute Gasteiger partial charge is 0.423 e. The standard InChI is InChI=1S/C19H14F3N3O3/c1-12-10-14(18-25-23-11-27-18)6-8-15(12)24-17(26)9-7-13-4-2-3-5-16(13)28-19(20,21)22/h2-11H,1H3,(H,24,26). The minimum atomic E-state index is -4.82. The minimum Gasteiger partial charge on any atom is -0.423 e. The van der Waals surface area contributed by atoms with Gasteiger partial charge in [0.25, 0.3) is 0 Å². The number of ether oxygens (including phenoxy) is 1. The van der Waals surface area contributed by atoms with E-state index in [4.69, 9.17) is 4.42 Å². The van der Waals surface area contributed by atoms with Crippen LogP contribution in [0.5, 0.6) is 5.75 Å². The largest absolute Gasteiger partial charge is 0.573 e. The van der Waals surface area contributed by atoms with Crippen LogP contribution in [0.3, 0.4) is 0 Å². The number of anilines is 1. The Morgan fingerprint density at radius 3 is 2.68 bits per heavy atom. The number of aryl methyl sites for hydroxylation is 1. The third kappa shape index (κ3) is 4.97. The van der Waals surface area contributed by atoms with Gasteiger partial charge in [-0.2, -0.15) is 0 Å². The summed E-state index contributed by atoms with van der Waals surface area (Å²) >= 11 is 0. The maximum atomic E-state index is 12.4. The first-order valence-electron chi connectivity index (χ1n) is 8.03. The normalized spacial score (nSPS) is 11.6. The molecule has 0 saturated carbocycles. The van der Waals surface area contributed by atoms with E-state index >= 15 is 0 Å². The number of aromatic nitrogens is 2. The van der Waals surface area contributed by atoms with Gasteiger partial charge in [0.15, 0.2) is 0 Å². The molecule has 1 heterocycles. The molecule has 1 aromatic heterocycles. The molecular weight excluding hydrogens is 375 g/mol. The molecule has 28 heavy (non-hydrogen) atoms. The second kappa shape index (κ2) is 7.95. The van der Waals surface area contributed by atoms with Gasteiger partial charge < -0.3 is 14.5 Å². The number of carbonyl (C=O) groups excluding carboxylic acids is 1. The average Bonchev–Trinajstić information content (AvgIpc) is 3.16. The molecule has 0 aliphatic carbocycles. The molecular formula is C19H14F3N3O3. The Bertz CT molecular complexity index is 999. The van der Waals surface area contributed by atoms with E-state index in [1.165, 1.54) is 30.7 Å². The van der Waals surface area contributed by atoms with Gasteiger partial charge in [-0.05, 0) is 42.8 Å². The van der Waals surface area contributed by atoms with E-state index in [1.54, 1.807) is 31.2 Å². The van der Waals surface area contributed by atoms with Crippen LogP contribution in [-0.2, 0) is 4.79 Å². The molecule has 0 spiro atoms. The van der Waals surface area contributed by atoms with Crippen molar-refractivity contribution in [3.63, 3.8) is 0 Å². The van der Waals surface area contributed by atoms with Gasteiger partial charge in [-0.1, -0.05) is 18.2 Å². The fraction of sp³-hybridized carbons (Fsp3) is 0.105. The van der Waals surface area contributed by atoms with Crippen molar-refractivity contribution < 1.29 is 27.1 Å². The topological polar surface area (TPSA) is 77.3 Å². The number of rotatable bonds is 5. The number of nitrogens with one attached hydrogen (secondary N) is 1. The van der Waals surface area contributed by atoms with Crippen LogP contribution in [-0.4, -0.2) is 22.5 Å². The van der Waals surface area contributed by atoms with Crippen LogP contribution in [0.15, 0.2) is 59.4 Å². The van der Waals surface area contributed by atoms with Gasteiger partial charge in [0.1, 0.15) is 5.75 Å². The Morgan fingerprint density at radius 1 is 1.21 bits per heavy atom. The second-order valence-corrected chi connectivity index (χ2v) is 5.68. The summed E-state index contributed by atoms with van der Waals surface area (Å²) in [5.74, 6) is -0.545. The van der Waals surface area contributed by atoms with E-state index in [9.17, 15) is 18.0 Å². The van der Waals surface area contributed by atoms with Crippen LogP contribution in [0.25, 0.3) is 17.5 Å². The maximum Gasteiger partial charge on any atom is 0.573 e. The molecule has 0 atom stereocenters. The van der Waals surface area contributed by atoms with Crippen LogP contribution < -0.4 is 10.1 Å². The molecule has 0 aliphatic rings. The predicted octanol–water partition coefficient (Wildman–Crippen LogP) is 4.60. The van der Waals surface area contributed by atoms with E-state index in [2.05, 4.69) is 20.3 Å². The van der Waals surface area contributed by atoms with Gasteiger partial charge in [-0.15, -0.1) is 23.4 Å². The Hall–Kier alpha value is -3.62. The zero-order chi connectivity index (χ0) is 20.1. The summed E-state index contributed by atoms with van der Waals surface area (Å²) in [5, 5.41) is 10.1. The number of hydrogen-bond acceptors (Lipinski definition) is 5. The van der Waals surface area contributed by atoms with Crippen molar-refractivity contribution >= 4 is 17.7 Å². The lowest BCUT2D eigenvalue weighted by atomic mass is 10.1. The van der Waals surface area contributed by atoms with E-state index in [1.807, 2.05) is 0 Å². The highest BCUT2D eigenvalue weighted by Gasteiger charge is 2.31. The molecule has 9 heteroatoms. The molecule has 1 amide bonds. The molecule has 0 bridgehead atoms. The van der Waals surface area contributed by atoms with Crippen LogP contribution >= 0.6 is 0 Å². The van der Waals surface area contributed by atoms with E-state index in [-0.39, 0.29) is 11.3 Å². The van der Waals surface area contributed by atoms with Gasteiger partial charge >= 0.3 is 6.36 Å². The van der Waals surface area contributed by atoms with Gasteiger partial charge in [0.05, 0.1) is 0 Å². The van der Waals surface area contributed by atoms with Crippen LogP contribution in [0, 0.1) is 6.92 Å². The molecule has 2 aromatic carbocycles. The highest BCUT2D eigenvalue weighted by Crippen LogP contribution is 2.27. The summed E-state index contributed by atoms with van der Waals surface area (Å²) in [4.78, 5) is 12.1. The highest BCUT2D eigenvalue weighted by atomic mass is 19.4. The molecule has 1 N–H and O–H groups in total. The van der Waals surface area contributed by atoms with E-state index in [0.717, 1.165) is 11.6 Å². The van der Waals surface area contributed by atoms with Crippen molar-refractivity contribution in [1.82, 2.24) is 10.2 Å². The second-order valence-electron chi connectivity index (χ2n) is 5.68. The van der Waals surface area contributed by atoms with Crippen LogP contribution in [0.1, 0.15) is 11.1 Å². The fourth-order valence-electron chi connectivity index (χ4n) is 2.41. The number of halogens is 3. The van der Waals surface area contributed by atoms with Gasteiger partial charge in [-0.3, -0.25) is 4.79 Å². The number of amides is 1. The summed E-state index contributed by atoms with van der Waals surface area (Å²) in [7, 11) is 0. The third-order valence-corrected chi connectivity index (χ3v) is 3.65. The number of para-hydroxylation sites is 1. The van der Waals surface area contributed by atoms with Crippen molar-refractivity contribution in [2.24, 2.45) is 0 Å². The highest BCUT2D eigenvalue weighted by molar-refractivity contribution is 6.02. The monoisotopic (exact) mass is 389 g/mol. The molecule has 3 aromatic rings. The maximum absolute atomic E-state index is 12.4. The zero-order valence-electron chi connectivity index (χ0n) is 14.5. The molecule has 144 valence electrons. The van der Waals surface area contributed by atoms with Crippen LogP contribution in [0.4, 0.5) is 18.9 Å². The first-order valence-corrected chi connectivity index (χ1v) is 8.03. The SMILES string of the molecule is Cc1cc(-c2nnco2)ccc1NC(=O)C=Cc1ccccc1OC(F)(F)F. The van der Waals surface area contributed by atoms with Crippen molar-refractivity contribution in [3.8, 4) is 17.2 Å². The molecule has 0 fully saturated rings. The zero-order valence-corrected chi connectivity index (χ0v) is 14.5. The van der Waals surface area contributed by atoms with Crippen molar-refractivity contribution in [2.45, 2.75) is 13.3 Å².